The monoisotopic (exact) mass is 434 g/mol. The summed E-state index contributed by atoms with van der Waals surface area (Å²) in [6.45, 7) is 2.94. The van der Waals surface area contributed by atoms with Gasteiger partial charge >= 0.3 is 0 Å². The van der Waals surface area contributed by atoms with E-state index in [1.807, 2.05) is 6.92 Å². The van der Waals surface area contributed by atoms with Crippen LogP contribution in [0.15, 0.2) is 71.3 Å². The minimum atomic E-state index is -0.249. The van der Waals surface area contributed by atoms with Gasteiger partial charge in [0.15, 0.2) is 0 Å². The molecule has 8 nitrogen and oxygen atoms in total. The Morgan fingerprint density at radius 2 is 1.62 bits per heavy atom. The Morgan fingerprint density at radius 3 is 2.34 bits per heavy atom. The lowest BCUT2D eigenvalue weighted by molar-refractivity contribution is -0.114. The maximum absolute atomic E-state index is 12.3. The molecule has 0 aliphatic heterocycles. The number of carbonyl (C=O) groups excluding carboxylic acids is 3. The van der Waals surface area contributed by atoms with Gasteiger partial charge in [-0.1, -0.05) is 13.0 Å². The smallest absolute Gasteiger partial charge is 0.251 e. The molecule has 3 amide bonds. The average Bonchev–Trinajstić information content (AvgIpc) is 3.34. The van der Waals surface area contributed by atoms with Crippen molar-refractivity contribution in [1.82, 2.24) is 10.6 Å². The zero-order valence-corrected chi connectivity index (χ0v) is 17.8. The predicted molar refractivity (Wildman–Crippen MR) is 123 cm³/mol. The van der Waals surface area contributed by atoms with Gasteiger partial charge in [0.2, 0.25) is 5.91 Å². The van der Waals surface area contributed by atoms with Crippen LogP contribution in [-0.2, 0) is 11.3 Å². The predicted octanol–water partition coefficient (Wildman–Crippen LogP) is 3.40. The highest BCUT2D eigenvalue weighted by Gasteiger charge is 2.09. The molecule has 0 unspecified atom stereocenters. The number of furan rings is 1. The second-order valence-electron chi connectivity index (χ2n) is 7.08. The SMILES string of the molecule is CCCNC(=O)c1cccc(NCC(=O)Nc2ccc(C(=O)NCc3ccco3)cc2)c1. The van der Waals surface area contributed by atoms with Gasteiger partial charge < -0.3 is 25.7 Å². The van der Waals surface area contributed by atoms with Crippen LogP contribution < -0.4 is 21.3 Å². The number of rotatable bonds is 10. The summed E-state index contributed by atoms with van der Waals surface area (Å²) in [7, 11) is 0. The van der Waals surface area contributed by atoms with Crippen LogP contribution in [0.3, 0.4) is 0 Å². The molecule has 0 aliphatic rings. The molecule has 0 spiro atoms. The van der Waals surface area contributed by atoms with Gasteiger partial charge in [-0.3, -0.25) is 14.4 Å². The first-order chi connectivity index (χ1) is 15.5. The van der Waals surface area contributed by atoms with Crippen LogP contribution in [0.4, 0.5) is 11.4 Å². The molecule has 0 bridgehead atoms. The van der Waals surface area contributed by atoms with E-state index in [0.717, 1.165) is 6.42 Å². The van der Waals surface area contributed by atoms with Gasteiger partial charge in [-0.15, -0.1) is 0 Å². The van der Waals surface area contributed by atoms with Gasteiger partial charge in [0.05, 0.1) is 19.4 Å². The standard InChI is InChI=1S/C24H26N4O4/c1-2-12-25-24(31)18-5-3-6-20(14-18)26-16-22(29)28-19-10-8-17(9-11-19)23(30)27-15-21-7-4-13-32-21/h3-11,13-14,26H,2,12,15-16H2,1H3,(H,25,31)(H,27,30)(H,28,29). The molecular weight excluding hydrogens is 408 g/mol. The van der Waals surface area contributed by atoms with E-state index in [1.165, 1.54) is 0 Å². The van der Waals surface area contributed by atoms with Crippen LogP contribution in [0.5, 0.6) is 0 Å². The summed E-state index contributed by atoms with van der Waals surface area (Å²) in [6.07, 6.45) is 2.41. The van der Waals surface area contributed by atoms with Crippen molar-refractivity contribution >= 4 is 29.1 Å². The second kappa shape index (κ2) is 11.4. The summed E-state index contributed by atoms with van der Waals surface area (Å²) in [5.74, 6) is 0.0414. The molecule has 8 heteroatoms. The molecule has 4 N–H and O–H groups in total. The molecular formula is C24H26N4O4. The van der Waals surface area contributed by atoms with Crippen LogP contribution >= 0.6 is 0 Å². The molecule has 0 atom stereocenters. The summed E-state index contributed by atoms with van der Waals surface area (Å²) in [5, 5.41) is 11.4. The van der Waals surface area contributed by atoms with Gasteiger partial charge in [0, 0.05) is 29.0 Å². The summed E-state index contributed by atoms with van der Waals surface area (Å²) in [4.78, 5) is 36.5. The zero-order valence-electron chi connectivity index (χ0n) is 17.8. The van der Waals surface area contributed by atoms with Crippen LogP contribution in [0.2, 0.25) is 0 Å². The molecule has 0 saturated carbocycles. The van der Waals surface area contributed by atoms with E-state index in [9.17, 15) is 14.4 Å². The van der Waals surface area contributed by atoms with Gasteiger partial charge in [0.1, 0.15) is 5.76 Å². The van der Waals surface area contributed by atoms with Crippen LogP contribution in [0, 0.1) is 0 Å². The fourth-order valence-electron chi connectivity index (χ4n) is 2.89. The second-order valence-corrected chi connectivity index (χ2v) is 7.08. The lowest BCUT2D eigenvalue weighted by Gasteiger charge is -2.10. The van der Waals surface area contributed by atoms with Gasteiger partial charge in [-0.05, 0) is 61.0 Å². The third-order valence-electron chi connectivity index (χ3n) is 4.55. The Hall–Kier alpha value is -4.07. The third-order valence-corrected chi connectivity index (χ3v) is 4.55. The fraction of sp³-hybridized carbons (Fsp3) is 0.208. The molecule has 0 radical (unpaired) electrons. The number of amides is 3. The molecule has 0 fully saturated rings. The molecule has 2 aromatic carbocycles. The number of hydrogen-bond acceptors (Lipinski definition) is 5. The number of benzene rings is 2. The minimum absolute atomic E-state index is 0.0332. The lowest BCUT2D eigenvalue weighted by Crippen LogP contribution is -2.24. The van der Waals surface area contributed by atoms with Crippen molar-refractivity contribution in [3.05, 3.63) is 83.8 Å². The highest BCUT2D eigenvalue weighted by molar-refractivity contribution is 5.97. The van der Waals surface area contributed by atoms with Crippen molar-refractivity contribution in [2.75, 3.05) is 23.7 Å². The fourth-order valence-corrected chi connectivity index (χ4v) is 2.89. The Bertz CT molecular complexity index is 1050. The van der Waals surface area contributed by atoms with Crippen molar-refractivity contribution in [2.24, 2.45) is 0 Å². The normalized spacial score (nSPS) is 10.3. The Kier molecular flexibility index (Phi) is 8.02. The first-order valence-corrected chi connectivity index (χ1v) is 10.4. The molecule has 0 saturated heterocycles. The summed E-state index contributed by atoms with van der Waals surface area (Å²) in [6, 6.07) is 17.1. The van der Waals surface area contributed by atoms with Gasteiger partial charge in [-0.25, -0.2) is 0 Å². The van der Waals surface area contributed by atoms with E-state index in [1.54, 1.807) is 66.9 Å². The summed E-state index contributed by atoms with van der Waals surface area (Å²) < 4.78 is 5.18. The highest BCUT2D eigenvalue weighted by Crippen LogP contribution is 2.12. The molecule has 32 heavy (non-hydrogen) atoms. The van der Waals surface area contributed by atoms with E-state index in [4.69, 9.17) is 4.42 Å². The Balaban J connectivity index is 1.46. The summed E-state index contributed by atoms with van der Waals surface area (Å²) in [5.41, 5.74) is 2.26. The van der Waals surface area contributed by atoms with Crippen LogP contribution in [0.1, 0.15) is 39.8 Å². The van der Waals surface area contributed by atoms with E-state index in [0.29, 0.717) is 41.4 Å². The Morgan fingerprint density at radius 1 is 0.844 bits per heavy atom. The molecule has 1 aromatic heterocycles. The molecule has 1 heterocycles. The van der Waals surface area contributed by atoms with E-state index < -0.39 is 0 Å². The first kappa shape index (κ1) is 22.6. The van der Waals surface area contributed by atoms with Crippen molar-refractivity contribution in [2.45, 2.75) is 19.9 Å². The summed E-state index contributed by atoms with van der Waals surface area (Å²) >= 11 is 0. The van der Waals surface area contributed by atoms with Crippen molar-refractivity contribution in [1.29, 1.82) is 0 Å². The van der Waals surface area contributed by atoms with E-state index in [-0.39, 0.29) is 24.3 Å². The number of hydrogen-bond donors (Lipinski definition) is 4. The van der Waals surface area contributed by atoms with Crippen molar-refractivity contribution in [3.63, 3.8) is 0 Å². The van der Waals surface area contributed by atoms with Crippen LogP contribution in [-0.4, -0.2) is 30.8 Å². The third kappa shape index (κ3) is 6.73. The average molecular weight is 434 g/mol. The maximum atomic E-state index is 12.3. The number of anilines is 2. The van der Waals surface area contributed by atoms with Crippen molar-refractivity contribution in [3.8, 4) is 0 Å². The molecule has 0 aliphatic carbocycles. The first-order valence-electron chi connectivity index (χ1n) is 10.4. The highest BCUT2D eigenvalue weighted by atomic mass is 16.3. The van der Waals surface area contributed by atoms with Gasteiger partial charge in [-0.2, -0.15) is 0 Å². The van der Waals surface area contributed by atoms with E-state index in [2.05, 4.69) is 21.3 Å². The largest absolute Gasteiger partial charge is 0.467 e. The maximum Gasteiger partial charge on any atom is 0.251 e. The number of nitrogens with one attached hydrogen (secondary N) is 4. The van der Waals surface area contributed by atoms with Gasteiger partial charge in [0.25, 0.3) is 11.8 Å². The lowest BCUT2D eigenvalue weighted by atomic mass is 10.2. The zero-order chi connectivity index (χ0) is 22.8. The topological polar surface area (TPSA) is 112 Å². The van der Waals surface area contributed by atoms with Crippen LogP contribution in [0.25, 0.3) is 0 Å². The Labute approximate surface area is 186 Å². The quantitative estimate of drug-likeness (QED) is 0.391. The molecule has 3 aromatic rings. The molecule has 166 valence electrons. The number of carbonyl (C=O) groups is 3. The van der Waals surface area contributed by atoms with Crippen molar-refractivity contribution < 1.29 is 18.8 Å². The van der Waals surface area contributed by atoms with E-state index >= 15 is 0 Å². The minimum Gasteiger partial charge on any atom is -0.467 e. The molecule has 3 rings (SSSR count).